The second kappa shape index (κ2) is 6.48. The molecule has 0 saturated heterocycles. The quantitative estimate of drug-likeness (QED) is 0.508. The smallest absolute Gasteiger partial charge is 0.328 e. The summed E-state index contributed by atoms with van der Waals surface area (Å²) in [6.45, 7) is -0.700. The van der Waals surface area contributed by atoms with Gasteiger partial charge in [-0.25, -0.2) is 18.7 Å². The van der Waals surface area contributed by atoms with Crippen LogP contribution < -0.4 is 16.6 Å². The molecule has 11 nitrogen and oxygen atoms in total. The van der Waals surface area contributed by atoms with Gasteiger partial charge in [0.2, 0.25) is 5.91 Å². The Labute approximate surface area is 149 Å². The van der Waals surface area contributed by atoms with Crippen molar-refractivity contribution < 1.29 is 14.1 Å². The standard InChI is InChI=1S/C15H13FN6O5/c1-19-7-17-13-12(19)14(24)21(15(25)20(13)2)6-11(23)18-10-5-8(22(26)27)3-4-9(10)16/h3-5,7H,6H2,1-2H3,(H,18,23). The molecule has 1 N–H and O–H groups in total. The number of hydrogen-bond donors (Lipinski definition) is 1. The maximum Gasteiger partial charge on any atom is 0.332 e. The molecule has 1 aromatic carbocycles. The van der Waals surface area contributed by atoms with E-state index >= 15 is 0 Å². The fraction of sp³-hybridized carbons (Fsp3) is 0.200. The van der Waals surface area contributed by atoms with Crippen LogP contribution in [-0.4, -0.2) is 29.5 Å². The molecular weight excluding hydrogens is 363 g/mol. The number of imidazole rings is 1. The lowest BCUT2D eigenvalue weighted by molar-refractivity contribution is -0.384. The van der Waals surface area contributed by atoms with E-state index in [9.17, 15) is 28.9 Å². The van der Waals surface area contributed by atoms with Gasteiger partial charge in [0, 0.05) is 26.2 Å². The first-order valence-corrected chi connectivity index (χ1v) is 7.55. The van der Waals surface area contributed by atoms with Crippen LogP contribution in [0, 0.1) is 15.9 Å². The van der Waals surface area contributed by atoms with Gasteiger partial charge in [0.15, 0.2) is 11.2 Å². The molecule has 0 aliphatic carbocycles. The molecule has 12 heteroatoms. The molecule has 3 aromatic rings. The Balaban J connectivity index is 1.97. The highest BCUT2D eigenvalue weighted by Crippen LogP contribution is 2.21. The highest BCUT2D eigenvalue weighted by molar-refractivity contribution is 5.91. The molecule has 0 fully saturated rings. The largest absolute Gasteiger partial charge is 0.332 e. The minimum Gasteiger partial charge on any atom is -0.328 e. The molecule has 0 unspecified atom stereocenters. The van der Waals surface area contributed by atoms with Crippen molar-refractivity contribution in [1.82, 2.24) is 18.7 Å². The molecule has 0 aliphatic heterocycles. The van der Waals surface area contributed by atoms with E-state index in [1.165, 1.54) is 17.9 Å². The Kier molecular flexibility index (Phi) is 4.31. The number of non-ortho nitro benzene ring substituents is 1. The maximum absolute atomic E-state index is 13.8. The number of halogens is 1. The summed E-state index contributed by atoms with van der Waals surface area (Å²) in [4.78, 5) is 51.1. The molecule has 3 rings (SSSR count). The number of aromatic nitrogens is 4. The van der Waals surface area contributed by atoms with Crippen LogP contribution >= 0.6 is 0 Å². The Morgan fingerprint density at radius 1 is 1.33 bits per heavy atom. The average molecular weight is 376 g/mol. The summed E-state index contributed by atoms with van der Waals surface area (Å²) in [6.07, 6.45) is 1.36. The van der Waals surface area contributed by atoms with Gasteiger partial charge in [0.25, 0.3) is 11.2 Å². The van der Waals surface area contributed by atoms with Crippen LogP contribution in [0.3, 0.4) is 0 Å². The molecule has 2 heterocycles. The van der Waals surface area contributed by atoms with Gasteiger partial charge in [0.1, 0.15) is 12.4 Å². The zero-order chi connectivity index (χ0) is 19.9. The highest BCUT2D eigenvalue weighted by Gasteiger charge is 2.18. The minimum atomic E-state index is -0.893. The van der Waals surface area contributed by atoms with Gasteiger partial charge < -0.3 is 9.88 Å². The molecule has 0 radical (unpaired) electrons. The molecular formula is C15H13FN6O5. The number of carbonyl (C=O) groups is 1. The summed E-state index contributed by atoms with van der Waals surface area (Å²) in [5.74, 6) is -1.79. The number of nitrogens with one attached hydrogen (secondary N) is 1. The summed E-state index contributed by atoms with van der Waals surface area (Å²) < 4.78 is 17.0. The second-order valence-corrected chi connectivity index (χ2v) is 5.73. The van der Waals surface area contributed by atoms with E-state index in [-0.39, 0.29) is 11.2 Å². The van der Waals surface area contributed by atoms with E-state index in [0.717, 1.165) is 22.8 Å². The van der Waals surface area contributed by atoms with Gasteiger partial charge in [-0.05, 0) is 6.07 Å². The first-order valence-electron chi connectivity index (χ1n) is 7.55. The van der Waals surface area contributed by atoms with Gasteiger partial charge in [-0.3, -0.25) is 24.3 Å². The van der Waals surface area contributed by atoms with E-state index in [2.05, 4.69) is 10.3 Å². The molecule has 27 heavy (non-hydrogen) atoms. The topological polar surface area (TPSA) is 134 Å². The van der Waals surface area contributed by atoms with Crippen molar-refractivity contribution in [3.63, 3.8) is 0 Å². The predicted molar refractivity (Wildman–Crippen MR) is 91.9 cm³/mol. The number of nitro groups is 1. The lowest BCUT2D eigenvalue weighted by atomic mass is 10.2. The first-order chi connectivity index (χ1) is 12.7. The number of anilines is 1. The maximum atomic E-state index is 13.8. The van der Waals surface area contributed by atoms with Gasteiger partial charge in [-0.2, -0.15) is 0 Å². The van der Waals surface area contributed by atoms with Crippen molar-refractivity contribution in [1.29, 1.82) is 0 Å². The number of nitro benzene ring substituents is 1. The summed E-state index contributed by atoms with van der Waals surface area (Å²) in [7, 11) is 2.95. The molecule has 0 spiro atoms. The number of nitrogens with zero attached hydrogens (tertiary/aromatic N) is 5. The monoisotopic (exact) mass is 376 g/mol. The molecule has 140 valence electrons. The van der Waals surface area contributed by atoms with Crippen molar-refractivity contribution in [2.75, 3.05) is 5.32 Å². The van der Waals surface area contributed by atoms with E-state index in [4.69, 9.17) is 0 Å². The summed E-state index contributed by atoms with van der Waals surface area (Å²) in [6, 6.07) is 2.63. The number of benzene rings is 1. The third-order valence-corrected chi connectivity index (χ3v) is 3.94. The zero-order valence-electron chi connectivity index (χ0n) is 14.2. The summed E-state index contributed by atoms with van der Waals surface area (Å²) in [5, 5.41) is 12.9. The van der Waals surface area contributed by atoms with E-state index < -0.39 is 45.8 Å². The van der Waals surface area contributed by atoms with E-state index in [1.807, 2.05) is 0 Å². The first kappa shape index (κ1) is 18.0. The van der Waals surface area contributed by atoms with Crippen LogP contribution in [0.15, 0.2) is 34.1 Å². The van der Waals surface area contributed by atoms with E-state index in [1.54, 1.807) is 7.05 Å². The number of fused-ring (bicyclic) bond motifs is 1. The fourth-order valence-electron chi connectivity index (χ4n) is 2.59. The summed E-state index contributed by atoms with van der Waals surface area (Å²) in [5.41, 5.74) is -2.08. The Bertz CT molecular complexity index is 1210. The van der Waals surface area contributed by atoms with Crippen molar-refractivity contribution in [3.05, 3.63) is 61.3 Å². The summed E-state index contributed by atoms with van der Waals surface area (Å²) >= 11 is 0. The minimum absolute atomic E-state index is 0.117. The number of rotatable bonds is 4. The third kappa shape index (κ3) is 3.07. The molecule has 1 amide bonds. The predicted octanol–water partition coefficient (Wildman–Crippen LogP) is 0.120. The second-order valence-electron chi connectivity index (χ2n) is 5.73. The molecule has 0 bridgehead atoms. The lowest BCUT2D eigenvalue weighted by Gasteiger charge is -2.10. The number of hydrogen-bond acceptors (Lipinski definition) is 6. The number of carbonyl (C=O) groups excluding carboxylic acids is 1. The van der Waals surface area contributed by atoms with Crippen LogP contribution in [0.4, 0.5) is 15.8 Å². The van der Waals surface area contributed by atoms with Crippen LogP contribution in [0.25, 0.3) is 11.2 Å². The van der Waals surface area contributed by atoms with Crippen molar-refractivity contribution in [2.45, 2.75) is 6.54 Å². The van der Waals surface area contributed by atoms with Crippen molar-refractivity contribution in [2.24, 2.45) is 14.1 Å². The van der Waals surface area contributed by atoms with Crippen molar-refractivity contribution in [3.8, 4) is 0 Å². The Hall–Kier alpha value is -3.83. The van der Waals surface area contributed by atoms with Gasteiger partial charge in [-0.15, -0.1) is 0 Å². The average Bonchev–Trinajstić information content (AvgIpc) is 3.00. The normalized spacial score (nSPS) is 10.9. The lowest BCUT2D eigenvalue weighted by Crippen LogP contribution is -2.42. The van der Waals surface area contributed by atoms with Gasteiger partial charge in [0.05, 0.1) is 16.9 Å². The Morgan fingerprint density at radius 3 is 2.70 bits per heavy atom. The number of amides is 1. The SMILES string of the molecule is Cn1cnc2c1c(=O)n(CC(=O)Nc1cc([N+](=O)[O-])ccc1F)c(=O)n2C. The van der Waals surface area contributed by atoms with Gasteiger partial charge in [-0.1, -0.05) is 0 Å². The number of aryl methyl sites for hydroxylation is 2. The van der Waals surface area contributed by atoms with Crippen LogP contribution in [0.1, 0.15) is 0 Å². The van der Waals surface area contributed by atoms with Crippen LogP contribution in [0.2, 0.25) is 0 Å². The van der Waals surface area contributed by atoms with Crippen LogP contribution in [0.5, 0.6) is 0 Å². The van der Waals surface area contributed by atoms with Crippen molar-refractivity contribution >= 4 is 28.4 Å². The molecule has 0 aliphatic rings. The third-order valence-electron chi connectivity index (χ3n) is 3.94. The molecule has 2 aromatic heterocycles. The fourth-order valence-corrected chi connectivity index (χ4v) is 2.59. The molecule has 0 saturated carbocycles. The van der Waals surface area contributed by atoms with Gasteiger partial charge >= 0.3 is 5.69 Å². The zero-order valence-corrected chi connectivity index (χ0v) is 14.2. The van der Waals surface area contributed by atoms with Crippen LogP contribution in [-0.2, 0) is 25.4 Å². The van der Waals surface area contributed by atoms with E-state index in [0.29, 0.717) is 4.57 Å². The highest BCUT2D eigenvalue weighted by atomic mass is 19.1. The molecule has 0 atom stereocenters. The Morgan fingerprint density at radius 2 is 2.04 bits per heavy atom.